The zero-order valence-corrected chi connectivity index (χ0v) is 12.6. The second-order valence-electron chi connectivity index (χ2n) is 6.74. The molecule has 1 atom stereocenters. The SMILES string of the molecule is C=CCC1NC2(CCCC2)Cc2c1ccc1ccccc21. The van der Waals surface area contributed by atoms with Crippen molar-refractivity contribution in [2.24, 2.45) is 0 Å². The summed E-state index contributed by atoms with van der Waals surface area (Å²) in [7, 11) is 0. The molecule has 0 bridgehead atoms. The van der Waals surface area contributed by atoms with Gasteiger partial charge in [0.05, 0.1) is 0 Å². The maximum Gasteiger partial charge on any atom is 0.0362 e. The molecular weight excluding hydrogens is 254 g/mol. The van der Waals surface area contributed by atoms with Crippen LogP contribution in [-0.2, 0) is 6.42 Å². The van der Waals surface area contributed by atoms with E-state index in [-0.39, 0.29) is 0 Å². The predicted octanol–water partition coefficient (Wildman–Crippen LogP) is 4.92. The van der Waals surface area contributed by atoms with E-state index in [1.807, 2.05) is 0 Å². The highest BCUT2D eigenvalue weighted by Crippen LogP contribution is 2.43. The van der Waals surface area contributed by atoms with E-state index < -0.39 is 0 Å². The van der Waals surface area contributed by atoms with E-state index in [0.717, 1.165) is 6.42 Å². The van der Waals surface area contributed by atoms with Gasteiger partial charge in [-0.25, -0.2) is 0 Å². The fraction of sp³-hybridized carbons (Fsp3) is 0.400. The smallest absolute Gasteiger partial charge is 0.0362 e. The van der Waals surface area contributed by atoms with Crippen LogP contribution in [0.25, 0.3) is 10.8 Å². The molecule has 0 aromatic heterocycles. The van der Waals surface area contributed by atoms with E-state index in [1.165, 1.54) is 48.4 Å². The summed E-state index contributed by atoms with van der Waals surface area (Å²) in [5.74, 6) is 0. The lowest BCUT2D eigenvalue weighted by Gasteiger charge is -2.41. The molecule has 1 fully saturated rings. The first-order valence-corrected chi connectivity index (χ1v) is 8.20. The monoisotopic (exact) mass is 277 g/mol. The third kappa shape index (κ3) is 2.11. The van der Waals surface area contributed by atoms with Gasteiger partial charge in [0, 0.05) is 11.6 Å². The molecule has 1 N–H and O–H groups in total. The van der Waals surface area contributed by atoms with Gasteiger partial charge in [0.15, 0.2) is 0 Å². The van der Waals surface area contributed by atoms with Crippen LogP contribution in [0.1, 0.15) is 49.3 Å². The van der Waals surface area contributed by atoms with Crippen molar-refractivity contribution in [2.75, 3.05) is 0 Å². The standard InChI is InChI=1S/C20H23N/c1-2-7-19-17-11-10-15-8-3-4-9-16(15)18(17)14-20(21-19)12-5-6-13-20/h2-4,8-11,19,21H,1,5-7,12-14H2. The minimum Gasteiger partial charge on any atom is -0.304 e. The lowest BCUT2D eigenvalue weighted by molar-refractivity contribution is 0.268. The van der Waals surface area contributed by atoms with E-state index in [1.54, 1.807) is 5.56 Å². The Balaban J connectivity index is 1.89. The molecule has 1 nitrogen and oxygen atoms in total. The largest absolute Gasteiger partial charge is 0.304 e. The van der Waals surface area contributed by atoms with Crippen LogP contribution in [0.15, 0.2) is 49.1 Å². The first kappa shape index (κ1) is 13.1. The fourth-order valence-corrected chi connectivity index (χ4v) is 4.44. The van der Waals surface area contributed by atoms with Gasteiger partial charge < -0.3 is 5.32 Å². The second kappa shape index (κ2) is 4.99. The average Bonchev–Trinajstić information content (AvgIpc) is 2.95. The Morgan fingerprint density at radius 2 is 1.95 bits per heavy atom. The number of hydrogen-bond acceptors (Lipinski definition) is 1. The van der Waals surface area contributed by atoms with Gasteiger partial charge in [-0.3, -0.25) is 0 Å². The summed E-state index contributed by atoms with van der Waals surface area (Å²) in [6.07, 6.45) is 9.66. The summed E-state index contributed by atoms with van der Waals surface area (Å²) in [4.78, 5) is 0. The summed E-state index contributed by atoms with van der Waals surface area (Å²) in [6.45, 7) is 3.97. The van der Waals surface area contributed by atoms with Crippen molar-refractivity contribution < 1.29 is 0 Å². The zero-order chi connectivity index (χ0) is 14.3. The van der Waals surface area contributed by atoms with Crippen LogP contribution in [0, 0.1) is 0 Å². The quantitative estimate of drug-likeness (QED) is 0.769. The van der Waals surface area contributed by atoms with Gasteiger partial charge in [0.2, 0.25) is 0 Å². The molecule has 2 aromatic carbocycles. The van der Waals surface area contributed by atoms with Gasteiger partial charge in [0.1, 0.15) is 0 Å². The van der Waals surface area contributed by atoms with E-state index in [0.29, 0.717) is 11.6 Å². The first-order chi connectivity index (χ1) is 10.3. The number of fused-ring (bicyclic) bond motifs is 3. The van der Waals surface area contributed by atoms with Crippen LogP contribution in [-0.4, -0.2) is 5.54 Å². The molecule has 4 rings (SSSR count). The average molecular weight is 277 g/mol. The van der Waals surface area contributed by atoms with E-state index in [4.69, 9.17) is 0 Å². The van der Waals surface area contributed by atoms with Crippen LogP contribution in [0.2, 0.25) is 0 Å². The Morgan fingerprint density at radius 3 is 2.76 bits per heavy atom. The van der Waals surface area contributed by atoms with Gasteiger partial charge in [-0.05, 0) is 47.6 Å². The van der Waals surface area contributed by atoms with Crippen molar-refractivity contribution in [3.05, 3.63) is 60.2 Å². The molecule has 1 unspecified atom stereocenters. The molecule has 1 saturated carbocycles. The number of benzene rings is 2. The normalized spacial score (nSPS) is 23.3. The molecule has 1 aliphatic carbocycles. The maximum absolute atomic E-state index is 3.98. The molecule has 1 spiro atoms. The Kier molecular flexibility index (Phi) is 3.11. The van der Waals surface area contributed by atoms with Crippen LogP contribution in [0.5, 0.6) is 0 Å². The third-order valence-electron chi connectivity index (χ3n) is 5.41. The molecule has 0 saturated heterocycles. The van der Waals surface area contributed by atoms with Gasteiger partial charge in [-0.1, -0.05) is 55.3 Å². The number of rotatable bonds is 2. The van der Waals surface area contributed by atoms with Crippen LogP contribution in [0.3, 0.4) is 0 Å². The van der Waals surface area contributed by atoms with Crippen molar-refractivity contribution in [3.8, 4) is 0 Å². The second-order valence-corrected chi connectivity index (χ2v) is 6.74. The van der Waals surface area contributed by atoms with Crippen molar-refractivity contribution in [1.82, 2.24) is 5.32 Å². The summed E-state index contributed by atoms with van der Waals surface area (Å²) >= 11 is 0. The van der Waals surface area contributed by atoms with Crippen LogP contribution in [0.4, 0.5) is 0 Å². The molecule has 1 heterocycles. The summed E-state index contributed by atoms with van der Waals surface area (Å²) in [6, 6.07) is 13.9. The fourth-order valence-electron chi connectivity index (χ4n) is 4.44. The summed E-state index contributed by atoms with van der Waals surface area (Å²) < 4.78 is 0. The molecule has 2 aliphatic rings. The van der Waals surface area contributed by atoms with Crippen molar-refractivity contribution in [1.29, 1.82) is 0 Å². The van der Waals surface area contributed by atoms with Gasteiger partial charge in [-0.15, -0.1) is 6.58 Å². The Labute approximate surface area is 127 Å². The Morgan fingerprint density at radius 1 is 1.14 bits per heavy atom. The topological polar surface area (TPSA) is 12.0 Å². The number of hydrogen-bond donors (Lipinski definition) is 1. The lowest BCUT2D eigenvalue weighted by Crippen LogP contribution is -2.50. The summed E-state index contributed by atoms with van der Waals surface area (Å²) in [5, 5.41) is 6.81. The van der Waals surface area contributed by atoms with Crippen molar-refractivity contribution >= 4 is 10.8 Å². The number of nitrogens with one attached hydrogen (secondary N) is 1. The summed E-state index contributed by atoms with van der Waals surface area (Å²) in [5.41, 5.74) is 3.41. The molecule has 0 amide bonds. The Hall–Kier alpha value is -1.60. The third-order valence-corrected chi connectivity index (χ3v) is 5.41. The van der Waals surface area contributed by atoms with Gasteiger partial charge in [0.25, 0.3) is 0 Å². The van der Waals surface area contributed by atoms with Crippen LogP contribution < -0.4 is 5.32 Å². The minimum atomic E-state index is 0.338. The highest BCUT2D eigenvalue weighted by Gasteiger charge is 2.40. The highest BCUT2D eigenvalue weighted by atomic mass is 15.0. The lowest BCUT2D eigenvalue weighted by atomic mass is 9.77. The van der Waals surface area contributed by atoms with Gasteiger partial charge >= 0.3 is 0 Å². The Bertz CT molecular complexity index is 679. The minimum absolute atomic E-state index is 0.338. The predicted molar refractivity (Wildman–Crippen MR) is 89.5 cm³/mol. The van der Waals surface area contributed by atoms with E-state index in [2.05, 4.69) is 54.4 Å². The van der Waals surface area contributed by atoms with Crippen molar-refractivity contribution in [3.63, 3.8) is 0 Å². The van der Waals surface area contributed by atoms with Gasteiger partial charge in [-0.2, -0.15) is 0 Å². The molecule has 1 aliphatic heterocycles. The molecular formula is C20H23N. The zero-order valence-electron chi connectivity index (χ0n) is 12.6. The van der Waals surface area contributed by atoms with E-state index in [9.17, 15) is 0 Å². The molecule has 1 heteroatoms. The molecule has 108 valence electrons. The molecule has 21 heavy (non-hydrogen) atoms. The maximum atomic E-state index is 3.98. The van der Waals surface area contributed by atoms with Crippen molar-refractivity contribution in [2.45, 2.75) is 50.1 Å². The van der Waals surface area contributed by atoms with Crippen LogP contribution >= 0.6 is 0 Å². The first-order valence-electron chi connectivity index (χ1n) is 8.20. The highest BCUT2D eigenvalue weighted by molar-refractivity contribution is 5.87. The molecule has 2 aromatic rings. The van der Waals surface area contributed by atoms with E-state index >= 15 is 0 Å². The molecule has 0 radical (unpaired) electrons.